The van der Waals surface area contributed by atoms with Crippen LogP contribution in [-0.4, -0.2) is 20.6 Å². The molecule has 1 unspecified atom stereocenters. The van der Waals surface area contributed by atoms with Crippen LogP contribution in [0.5, 0.6) is 0 Å². The molecule has 5 heteroatoms. The molecule has 0 aliphatic heterocycles. The molecule has 0 bridgehead atoms. The van der Waals surface area contributed by atoms with E-state index in [0.29, 0.717) is 12.9 Å². The highest BCUT2D eigenvalue weighted by Gasteiger charge is 2.07. The fraction of sp³-hybridized carbons (Fsp3) is 0.375. The summed E-state index contributed by atoms with van der Waals surface area (Å²) in [5.41, 5.74) is 1.93. The summed E-state index contributed by atoms with van der Waals surface area (Å²) in [7, 11) is 0. The first-order valence-electron chi connectivity index (χ1n) is 3.72. The van der Waals surface area contributed by atoms with Crippen LogP contribution < -0.4 is 0 Å². The lowest BCUT2D eigenvalue weighted by molar-refractivity contribution is -0.129. The van der Waals surface area contributed by atoms with Gasteiger partial charge in [-0.3, -0.25) is 4.79 Å². The van der Waals surface area contributed by atoms with Crippen molar-refractivity contribution in [3.63, 3.8) is 0 Å². The zero-order chi connectivity index (χ0) is 9.68. The Kier molecular flexibility index (Phi) is 4.07. The second-order valence-corrected chi connectivity index (χ2v) is 3.87. The zero-order valence-corrected chi connectivity index (χ0v) is 9.26. The lowest BCUT2D eigenvalue weighted by atomic mass is 10.2. The Hall–Kier alpha value is -0.720. The number of aromatic nitrogens is 2. The number of alkyl halides is 1. The van der Waals surface area contributed by atoms with E-state index in [4.69, 9.17) is 4.74 Å². The molecule has 0 spiro atoms. The number of carbonyl (C=O) groups excluding carboxylic acids is 1. The molecule has 4 nitrogen and oxygen atoms in total. The minimum absolute atomic E-state index is 0.153. The summed E-state index contributed by atoms with van der Waals surface area (Å²) in [6, 6.07) is 0. The Morgan fingerprint density at radius 1 is 1.77 bits per heavy atom. The Morgan fingerprint density at radius 3 is 3.15 bits per heavy atom. The van der Waals surface area contributed by atoms with E-state index in [-0.39, 0.29) is 4.11 Å². The molecule has 0 saturated heterocycles. The van der Waals surface area contributed by atoms with E-state index in [9.17, 15) is 4.79 Å². The maximum atomic E-state index is 10.0. The van der Waals surface area contributed by atoms with Gasteiger partial charge in [0.2, 0.25) is 0 Å². The van der Waals surface area contributed by atoms with Gasteiger partial charge in [-0.2, -0.15) is 0 Å². The van der Waals surface area contributed by atoms with Crippen molar-refractivity contribution < 1.29 is 9.53 Å². The molecule has 1 atom stereocenters. The maximum Gasteiger partial charge on any atom is 0.294 e. The van der Waals surface area contributed by atoms with Gasteiger partial charge in [0.15, 0.2) is 4.11 Å². The summed E-state index contributed by atoms with van der Waals surface area (Å²) < 4.78 is 4.60. The van der Waals surface area contributed by atoms with Crippen LogP contribution in [0, 0.1) is 6.92 Å². The number of hydrogen-bond donors (Lipinski definition) is 0. The molecule has 0 N–H and O–H groups in total. The molecule has 0 radical (unpaired) electrons. The molecule has 70 valence electrons. The first-order chi connectivity index (χ1) is 6.24. The Balaban J connectivity index is 2.63. The fourth-order valence-corrected chi connectivity index (χ4v) is 1.50. The van der Waals surface area contributed by atoms with Gasteiger partial charge in [-0.25, -0.2) is 9.97 Å². The van der Waals surface area contributed by atoms with Crippen molar-refractivity contribution in [2.45, 2.75) is 17.5 Å². The molecule has 0 aliphatic rings. The van der Waals surface area contributed by atoms with E-state index in [1.807, 2.05) is 6.92 Å². The predicted octanol–water partition coefficient (Wildman–Crippen LogP) is 1.26. The minimum atomic E-state index is -0.153. The second kappa shape index (κ2) is 5.11. The van der Waals surface area contributed by atoms with Crippen molar-refractivity contribution in [1.82, 2.24) is 9.97 Å². The average Bonchev–Trinajstić information content (AvgIpc) is 2.09. The number of rotatable bonds is 4. The van der Waals surface area contributed by atoms with Crippen LogP contribution in [0.25, 0.3) is 0 Å². The van der Waals surface area contributed by atoms with E-state index in [2.05, 4.69) is 32.6 Å². The first kappa shape index (κ1) is 10.4. The van der Waals surface area contributed by atoms with Crippen molar-refractivity contribution in [2.75, 3.05) is 0 Å². The summed E-state index contributed by atoms with van der Waals surface area (Å²) in [6.45, 7) is 2.36. The molecule has 1 aromatic rings. The molecular weight excluding hydrogens is 283 g/mol. The molecule has 0 fully saturated rings. The van der Waals surface area contributed by atoms with E-state index in [1.165, 1.54) is 6.33 Å². The SMILES string of the molecule is Cc1ncncc1CC(I)OC=O. The second-order valence-electron chi connectivity index (χ2n) is 2.48. The van der Waals surface area contributed by atoms with Crippen molar-refractivity contribution in [3.8, 4) is 0 Å². The molecule has 0 aromatic carbocycles. The standard InChI is InChI=1S/C8H9IN2O2/c1-6-7(3-10-4-11-6)2-8(9)13-5-12/h3-5,8H,2H2,1H3. The minimum Gasteiger partial charge on any atom is -0.454 e. The summed E-state index contributed by atoms with van der Waals surface area (Å²) >= 11 is 2.05. The van der Waals surface area contributed by atoms with Gasteiger partial charge in [-0.05, 0) is 35.1 Å². The van der Waals surface area contributed by atoms with E-state index in [0.717, 1.165) is 11.3 Å². The molecule has 0 aliphatic carbocycles. The number of aryl methyl sites for hydroxylation is 1. The third-order valence-electron chi connectivity index (χ3n) is 1.60. The van der Waals surface area contributed by atoms with E-state index < -0.39 is 0 Å². The number of ether oxygens (including phenoxy) is 1. The number of halogens is 1. The molecule has 1 aromatic heterocycles. The lowest BCUT2D eigenvalue weighted by Gasteiger charge is -2.08. The fourth-order valence-electron chi connectivity index (χ4n) is 0.901. The van der Waals surface area contributed by atoms with Gasteiger partial charge in [0.05, 0.1) is 0 Å². The summed E-state index contributed by atoms with van der Waals surface area (Å²) in [4.78, 5) is 18.0. The highest BCUT2D eigenvalue weighted by molar-refractivity contribution is 14.1. The van der Waals surface area contributed by atoms with Crippen molar-refractivity contribution >= 4 is 29.1 Å². The third-order valence-corrected chi connectivity index (χ3v) is 2.33. The quantitative estimate of drug-likeness (QED) is 0.476. The normalized spacial score (nSPS) is 12.2. The van der Waals surface area contributed by atoms with E-state index >= 15 is 0 Å². The largest absolute Gasteiger partial charge is 0.454 e. The topological polar surface area (TPSA) is 52.1 Å². The summed E-state index contributed by atoms with van der Waals surface area (Å²) in [5.74, 6) is 0. The highest BCUT2D eigenvalue weighted by atomic mass is 127. The van der Waals surface area contributed by atoms with Crippen LogP contribution in [0.3, 0.4) is 0 Å². The molecule has 1 rings (SSSR count). The number of carbonyl (C=O) groups is 1. The van der Waals surface area contributed by atoms with Gasteiger partial charge < -0.3 is 4.74 Å². The Labute approximate surface area is 89.9 Å². The van der Waals surface area contributed by atoms with Gasteiger partial charge in [0.1, 0.15) is 6.33 Å². The molecule has 13 heavy (non-hydrogen) atoms. The summed E-state index contributed by atoms with van der Waals surface area (Å²) in [6.07, 6.45) is 3.88. The van der Waals surface area contributed by atoms with Crippen LogP contribution in [-0.2, 0) is 16.0 Å². The van der Waals surface area contributed by atoms with Gasteiger partial charge in [-0.1, -0.05) is 0 Å². The zero-order valence-electron chi connectivity index (χ0n) is 7.11. The highest BCUT2D eigenvalue weighted by Crippen LogP contribution is 2.11. The molecular formula is C8H9IN2O2. The van der Waals surface area contributed by atoms with Gasteiger partial charge in [-0.15, -0.1) is 0 Å². The first-order valence-corrected chi connectivity index (χ1v) is 4.97. The van der Waals surface area contributed by atoms with Crippen molar-refractivity contribution in [3.05, 3.63) is 23.8 Å². The predicted molar refractivity (Wildman–Crippen MR) is 55.4 cm³/mol. The van der Waals surface area contributed by atoms with Gasteiger partial charge in [0, 0.05) is 18.3 Å². The third kappa shape index (κ3) is 3.25. The van der Waals surface area contributed by atoms with Crippen LogP contribution in [0.15, 0.2) is 12.5 Å². The van der Waals surface area contributed by atoms with Crippen LogP contribution >= 0.6 is 22.6 Å². The maximum absolute atomic E-state index is 10.0. The summed E-state index contributed by atoms with van der Waals surface area (Å²) in [5, 5.41) is 0. The molecule has 0 saturated carbocycles. The van der Waals surface area contributed by atoms with Crippen LogP contribution in [0.4, 0.5) is 0 Å². The number of nitrogens with zero attached hydrogens (tertiary/aromatic N) is 2. The van der Waals surface area contributed by atoms with Crippen LogP contribution in [0.1, 0.15) is 11.3 Å². The van der Waals surface area contributed by atoms with Crippen molar-refractivity contribution in [1.29, 1.82) is 0 Å². The van der Waals surface area contributed by atoms with Crippen molar-refractivity contribution in [2.24, 2.45) is 0 Å². The van der Waals surface area contributed by atoms with E-state index in [1.54, 1.807) is 6.20 Å². The molecule has 1 heterocycles. The number of hydrogen-bond acceptors (Lipinski definition) is 4. The van der Waals surface area contributed by atoms with Gasteiger partial charge in [0.25, 0.3) is 6.47 Å². The Bertz CT molecular complexity index is 293. The smallest absolute Gasteiger partial charge is 0.294 e. The average molecular weight is 292 g/mol. The Morgan fingerprint density at radius 2 is 2.54 bits per heavy atom. The van der Waals surface area contributed by atoms with Gasteiger partial charge >= 0.3 is 0 Å². The van der Waals surface area contributed by atoms with Crippen LogP contribution in [0.2, 0.25) is 0 Å². The lowest BCUT2D eigenvalue weighted by Crippen LogP contribution is -2.08. The monoisotopic (exact) mass is 292 g/mol. The molecule has 0 amide bonds.